The Morgan fingerprint density at radius 1 is 0.917 bits per heavy atom. The van der Waals surface area contributed by atoms with Crippen LogP contribution in [0.1, 0.15) is 20.7 Å². The molecule has 0 heterocycles. The van der Waals surface area contributed by atoms with E-state index in [9.17, 15) is 19.1 Å². The number of hydrogen-bond acceptors (Lipinski definition) is 4. The number of rotatable bonds is 4. The monoisotopic (exact) mass is 324 g/mol. The number of carbonyl (C=O) groups is 2. The maximum atomic E-state index is 13.5. The molecule has 120 valence electrons. The van der Waals surface area contributed by atoms with E-state index in [1.165, 1.54) is 30.3 Å². The molecule has 3 rings (SSSR count). The number of aromatic hydroxyl groups is 1. The van der Waals surface area contributed by atoms with Crippen LogP contribution in [0.2, 0.25) is 0 Å². The van der Waals surface area contributed by atoms with Crippen LogP contribution in [0.4, 0.5) is 4.39 Å². The van der Waals surface area contributed by atoms with E-state index in [2.05, 4.69) is 0 Å². The van der Waals surface area contributed by atoms with Crippen molar-refractivity contribution in [3.8, 4) is 5.75 Å². The molecule has 0 spiro atoms. The van der Waals surface area contributed by atoms with Crippen LogP contribution in [-0.4, -0.2) is 23.5 Å². The fourth-order valence-corrected chi connectivity index (χ4v) is 2.37. The van der Waals surface area contributed by atoms with E-state index < -0.39 is 24.2 Å². The Balaban J connectivity index is 1.77. The highest BCUT2D eigenvalue weighted by atomic mass is 19.1. The summed E-state index contributed by atoms with van der Waals surface area (Å²) in [4.78, 5) is 24.0. The molecule has 0 aliphatic rings. The van der Waals surface area contributed by atoms with Gasteiger partial charge in [0, 0.05) is 0 Å². The smallest absolute Gasteiger partial charge is 0.342 e. The molecule has 1 N–H and O–H groups in total. The van der Waals surface area contributed by atoms with Crippen LogP contribution in [0.5, 0.6) is 5.75 Å². The zero-order valence-electron chi connectivity index (χ0n) is 12.5. The maximum absolute atomic E-state index is 13.5. The SMILES string of the molecule is O=C(OCC(=O)c1ccccc1F)c1cc2ccccc2cc1O. The van der Waals surface area contributed by atoms with Crippen molar-refractivity contribution >= 4 is 22.5 Å². The molecule has 3 aromatic carbocycles. The minimum atomic E-state index is -0.844. The lowest BCUT2D eigenvalue weighted by molar-refractivity contribution is 0.0471. The Hall–Kier alpha value is -3.21. The summed E-state index contributed by atoms with van der Waals surface area (Å²) in [5, 5.41) is 11.5. The second-order valence-corrected chi connectivity index (χ2v) is 5.20. The zero-order chi connectivity index (χ0) is 17.1. The van der Waals surface area contributed by atoms with Gasteiger partial charge in [0.2, 0.25) is 5.78 Å². The number of esters is 1. The van der Waals surface area contributed by atoms with Gasteiger partial charge >= 0.3 is 5.97 Å². The van der Waals surface area contributed by atoms with Gasteiger partial charge < -0.3 is 9.84 Å². The predicted octanol–water partition coefficient (Wildman–Crippen LogP) is 3.72. The van der Waals surface area contributed by atoms with E-state index in [1.54, 1.807) is 18.2 Å². The first-order valence-electron chi connectivity index (χ1n) is 7.23. The standard InChI is InChI=1S/C19H13FO4/c20-16-8-4-3-7-14(16)18(22)11-24-19(23)15-9-12-5-1-2-6-13(12)10-17(15)21/h1-10,21H,11H2. The molecule has 0 aliphatic heterocycles. The van der Waals surface area contributed by atoms with Crippen LogP contribution < -0.4 is 0 Å². The number of hydrogen-bond donors (Lipinski definition) is 1. The van der Waals surface area contributed by atoms with Crippen molar-refractivity contribution in [3.05, 3.63) is 77.6 Å². The average molecular weight is 324 g/mol. The lowest BCUT2D eigenvalue weighted by Gasteiger charge is -2.08. The van der Waals surface area contributed by atoms with Gasteiger partial charge in [-0.3, -0.25) is 4.79 Å². The van der Waals surface area contributed by atoms with Crippen LogP contribution in [0.25, 0.3) is 10.8 Å². The second kappa shape index (κ2) is 6.50. The molecule has 0 unspecified atom stereocenters. The van der Waals surface area contributed by atoms with Crippen molar-refractivity contribution in [2.45, 2.75) is 0 Å². The zero-order valence-corrected chi connectivity index (χ0v) is 12.5. The molecule has 24 heavy (non-hydrogen) atoms. The number of phenols is 1. The molecule has 0 saturated heterocycles. The van der Waals surface area contributed by atoms with Gasteiger partial charge in [0.05, 0.1) is 5.56 Å². The van der Waals surface area contributed by atoms with Crippen LogP contribution in [-0.2, 0) is 4.74 Å². The van der Waals surface area contributed by atoms with E-state index in [-0.39, 0.29) is 16.9 Å². The predicted molar refractivity (Wildman–Crippen MR) is 86.6 cm³/mol. The number of carbonyl (C=O) groups excluding carboxylic acids is 2. The fraction of sp³-hybridized carbons (Fsp3) is 0.0526. The van der Waals surface area contributed by atoms with E-state index in [1.807, 2.05) is 6.07 Å². The normalized spacial score (nSPS) is 10.5. The summed E-state index contributed by atoms with van der Waals surface area (Å²) in [6, 6.07) is 15.6. The molecule has 0 aliphatic carbocycles. The van der Waals surface area contributed by atoms with E-state index >= 15 is 0 Å². The molecule has 0 radical (unpaired) electrons. The third kappa shape index (κ3) is 3.10. The molecular formula is C19H13FO4. The van der Waals surface area contributed by atoms with Gasteiger partial charge in [0.15, 0.2) is 6.61 Å². The average Bonchev–Trinajstić information content (AvgIpc) is 2.59. The molecular weight excluding hydrogens is 311 g/mol. The van der Waals surface area contributed by atoms with Gasteiger partial charge in [-0.15, -0.1) is 0 Å². The molecule has 0 fully saturated rings. The maximum Gasteiger partial charge on any atom is 0.342 e. The van der Waals surface area contributed by atoms with E-state index in [0.29, 0.717) is 0 Å². The largest absolute Gasteiger partial charge is 0.507 e. The number of phenolic OH excluding ortho intramolecular Hbond substituents is 1. The minimum absolute atomic E-state index is 0.0463. The van der Waals surface area contributed by atoms with Gasteiger partial charge in [0.25, 0.3) is 0 Å². The quantitative estimate of drug-likeness (QED) is 0.587. The van der Waals surface area contributed by atoms with Gasteiger partial charge in [0.1, 0.15) is 17.1 Å². The van der Waals surface area contributed by atoms with Gasteiger partial charge in [-0.2, -0.15) is 0 Å². The molecule has 0 aromatic heterocycles. The highest BCUT2D eigenvalue weighted by molar-refractivity contribution is 6.02. The fourth-order valence-electron chi connectivity index (χ4n) is 2.37. The van der Waals surface area contributed by atoms with Gasteiger partial charge in [-0.1, -0.05) is 36.4 Å². The van der Waals surface area contributed by atoms with Crippen LogP contribution in [0.3, 0.4) is 0 Å². The number of fused-ring (bicyclic) bond motifs is 1. The highest BCUT2D eigenvalue weighted by Gasteiger charge is 2.17. The summed E-state index contributed by atoms with van der Waals surface area (Å²) in [5.74, 6) is -2.41. The second-order valence-electron chi connectivity index (χ2n) is 5.20. The van der Waals surface area contributed by atoms with Crippen molar-refractivity contribution < 1.29 is 23.8 Å². The summed E-state index contributed by atoms with van der Waals surface area (Å²) in [6.07, 6.45) is 0. The van der Waals surface area contributed by atoms with Gasteiger partial charge in [-0.05, 0) is 35.0 Å². The summed E-state index contributed by atoms with van der Waals surface area (Å²) in [6.45, 7) is -0.605. The number of benzene rings is 3. The van der Waals surface area contributed by atoms with Crippen LogP contribution >= 0.6 is 0 Å². The van der Waals surface area contributed by atoms with Crippen molar-refractivity contribution in [3.63, 3.8) is 0 Å². The summed E-state index contributed by atoms with van der Waals surface area (Å²) < 4.78 is 18.4. The Kier molecular flexibility index (Phi) is 4.24. The van der Waals surface area contributed by atoms with Crippen LogP contribution in [0, 0.1) is 5.82 Å². The molecule has 0 atom stereocenters. The summed E-state index contributed by atoms with van der Waals surface area (Å²) in [7, 11) is 0. The highest BCUT2D eigenvalue weighted by Crippen LogP contribution is 2.25. The van der Waals surface area contributed by atoms with Crippen LogP contribution in [0.15, 0.2) is 60.7 Å². The minimum Gasteiger partial charge on any atom is -0.507 e. The topological polar surface area (TPSA) is 63.6 Å². The number of ether oxygens (including phenoxy) is 1. The molecule has 0 saturated carbocycles. The number of halogens is 1. The third-order valence-electron chi connectivity index (χ3n) is 3.59. The summed E-state index contributed by atoms with van der Waals surface area (Å²) >= 11 is 0. The lowest BCUT2D eigenvalue weighted by Crippen LogP contribution is -2.15. The van der Waals surface area contributed by atoms with Crippen molar-refractivity contribution in [1.82, 2.24) is 0 Å². The summed E-state index contributed by atoms with van der Waals surface area (Å²) in [5.41, 5.74) is -0.192. The first-order chi connectivity index (χ1) is 11.6. The first-order valence-corrected chi connectivity index (χ1v) is 7.23. The van der Waals surface area contributed by atoms with Crippen molar-refractivity contribution in [2.75, 3.05) is 6.61 Å². The Morgan fingerprint density at radius 3 is 2.25 bits per heavy atom. The Morgan fingerprint density at radius 2 is 1.54 bits per heavy atom. The van der Waals surface area contributed by atoms with Crippen molar-refractivity contribution in [2.24, 2.45) is 0 Å². The van der Waals surface area contributed by atoms with E-state index in [4.69, 9.17) is 4.74 Å². The molecule has 4 nitrogen and oxygen atoms in total. The lowest BCUT2D eigenvalue weighted by atomic mass is 10.1. The molecule has 5 heteroatoms. The Bertz CT molecular complexity index is 934. The molecule has 0 bridgehead atoms. The van der Waals surface area contributed by atoms with Gasteiger partial charge in [-0.25, -0.2) is 9.18 Å². The third-order valence-corrected chi connectivity index (χ3v) is 3.59. The van der Waals surface area contributed by atoms with E-state index in [0.717, 1.165) is 16.8 Å². The number of ketones is 1. The number of Topliss-reactive ketones (excluding diaryl/α,β-unsaturated/α-hetero) is 1. The molecule has 3 aromatic rings. The first kappa shape index (κ1) is 15.7. The molecule has 0 amide bonds. The Labute approximate surface area is 137 Å². The van der Waals surface area contributed by atoms with Crippen molar-refractivity contribution in [1.29, 1.82) is 0 Å².